The molecule has 1 saturated heterocycles. The Bertz CT molecular complexity index is 442. The Morgan fingerprint density at radius 1 is 1.47 bits per heavy atom. The van der Waals surface area contributed by atoms with E-state index in [0.717, 1.165) is 25.2 Å². The lowest BCUT2D eigenvalue weighted by atomic mass is 9.83. The van der Waals surface area contributed by atoms with E-state index in [-0.39, 0.29) is 10.8 Å². The van der Waals surface area contributed by atoms with Crippen LogP contribution in [0.2, 0.25) is 0 Å². The molecule has 2 aliphatic rings. The quantitative estimate of drug-likeness (QED) is 0.917. The molecule has 3 atom stereocenters. The summed E-state index contributed by atoms with van der Waals surface area (Å²) >= 11 is 2.07. The van der Waals surface area contributed by atoms with Gasteiger partial charge < -0.3 is 10.5 Å². The van der Waals surface area contributed by atoms with Gasteiger partial charge in [-0.15, -0.1) is 0 Å². The highest BCUT2D eigenvalue weighted by Crippen LogP contribution is 2.44. The van der Waals surface area contributed by atoms with Crippen LogP contribution in [0.5, 0.6) is 5.75 Å². The molecule has 3 heteroatoms. The first-order chi connectivity index (χ1) is 9.19. The number of fused-ring (bicyclic) bond motifs is 1. The van der Waals surface area contributed by atoms with E-state index in [1.54, 1.807) is 0 Å². The summed E-state index contributed by atoms with van der Waals surface area (Å²) in [4.78, 5) is 0. The first kappa shape index (κ1) is 13.3. The topological polar surface area (TPSA) is 35.2 Å². The molecule has 2 heterocycles. The molecule has 3 unspecified atom stereocenters. The fourth-order valence-electron chi connectivity index (χ4n) is 3.31. The van der Waals surface area contributed by atoms with Gasteiger partial charge in [0, 0.05) is 10.8 Å². The van der Waals surface area contributed by atoms with Gasteiger partial charge in [0.2, 0.25) is 0 Å². The van der Waals surface area contributed by atoms with Crippen molar-refractivity contribution in [3.63, 3.8) is 0 Å². The molecule has 19 heavy (non-hydrogen) atoms. The smallest absolute Gasteiger partial charge is 0.122 e. The third kappa shape index (κ3) is 2.63. The number of benzene rings is 1. The molecule has 0 aliphatic carbocycles. The summed E-state index contributed by atoms with van der Waals surface area (Å²) < 4.78 is 6.02. The van der Waals surface area contributed by atoms with E-state index in [9.17, 15) is 0 Å². The third-order valence-corrected chi connectivity index (χ3v) is 6.31. The lowest BCUT2D eigenvalue weighted by molar-refractivity contribution is 0.254. The average Bonchev–Trinajstić information content (AvgIpc) is 2.87. The molecular weight excluding hydrogens is 254 g/mol. The van der Waals surface area contributed by atoms with E-state index < -0.39 is 0 Å². The third-order valence-electron chi connectivity index (χ3n) is 4.65. The molecule has 1 fully saturated rings. The molecule has 0 aromatic heterocycles. The number of thioether (sulfide) groups is 1. The second-order valence-corrected chi connectivity index (χ2v) is 7.61. The fourth-order valence-corrected chi connectivity index (χ4v) is 4.66. The minimum absolute atomic E-state index is 0.285. The molecule has 2 aliphatic heterocycles. The molecular formula is C16H23NOS. The van der Waals surface area contributed by atoms with Gasteiger partial charge in [-0.25, -0.2) is 0 Å². The van der Waals surface area contributed by atoms with Gasteiger partial charge in [0.05, 0.1) is 6.61 Å². The van der Waals surface area contributed by atoms with Crippen molar-refractivity contribution in [3.8, 4) is 5.75 Å². The summed E-state index contributed by atoms with van der Waals surface area (Å²) in [5.74, 6) is 2.90. The van der Waals surface area contributed by atoms with E-state index in [4.69, 9.17) is 10.5 Å². The van der Waals surface area contributed by atoms with Crippen LogP contribution in [0.3, 0.4) is 0 Å². The number of ether oxygens (including phenoxy) is 1. The van der Waals surface area contributed by atoms with Crippen molar-refractivity contribution in [1.82, 2.24) is 0 Å². The number of hydrogen-bond donors (Lipinski definition) is 1. The molecule has 0 bridgehead atoms. The van der Waals surface area contributed by atoms with Crippen LogP contribution in [0.15, 0.2) is 24.3 Å². The standard InChI is InChI=1S/C16H23NOS/c1-16(8-4-10-19-16)15(17)11-12-7-9-18-14-6-3-2-5-13(12)14/h2-3,5-6,12,15H,4,7-11,17H2,1H3. The fraction of sp³-hybridized carbons (Fsp3) is 0.625. The first-order valence-electron chi connectivity index (χ1n) is 7.30. The summed E-state index contributed by atoms with van der Waals surface area (Å²) in [6.45, 7) is 3.18. The monoisotopic (exact) mass is 277 g/mol. The van der Waals surface area contributed by atoms with E-state index in [1.165, 1.54) is 24.2 Å². The summed E-state index contributed by atoms with van der Waals surface area (Å²) in [6.07, 6.45) is 4.78. The van der Waals surface area contributed by atoms with Crippen molar-refractivity contribution in [2.45, 2.75) is 49.3 Å². The Labute approximate surface area is 120 Å². The number of rotatable bonds is 3. The van der Waals surface area contributed by atoms with Crippen LogP contribution in [0, 0.1) is 0 Å². The Morgan fingerprint density at radius 2 is 2.32 bits per heavy atom. The molecule has 104 valence electrons. The van der Waals surface area contributed by atoms with Crippen molar-refractivity contribution >= 4 is 11.8 Å². The summed E-state index contributed by atoms with van der Waals surface area (Å²) in [5.41, 5.74) is 7.90. The van der Waals surface area contributed by atoms with Crippen molar-refractivity contribution < 1.29 is 4.74 Å². The molecule has 0 radical (unpaired) electrons. The SMILES string of the molecule is CC1(C(N)CC2CCOc3ccccc32)CCCS1. The van der Waals surface area contributed by atoms with Crippen LogP contribution >= 0.6 is 11.8 Å². The molecule has 0 saturated carbocycles. The van der Waals surface area contributed by atoms with Crippen LogP contribution in [-0.2, 0) is 0 Å². The second kappa shape index (κ2) is 5.37. The summed E-state index contributed by atoms with van der Waals surface area (Å²) in [5, 5.41) is 0. The van der Waals surface area contributed by atoms with Crippen LogP contribution in [0.1, 0.15) is 44.1 Å². The van der Waals surface area contributed by atoms with Crippen LogP contribution in [-0.4, -0.2) is 23.1 Å². The zero-order valence-corrected chi connectivity index (χ0v) is 12.4. The predicted octanol–water partition coefficient (Wildman–Crippen LogP) is 3.56. The molecule has 0 amide bonds. The second-order valence-electron chi connectivity index (χ2n) is 5.98. The predicted molar refractivity (Wildman–Crippen MR) is 82.0 cm³/mol. The first-order valence-corrected chi connectivity index (χ1v) is 8.29. The minimum Gasteiger partial charge on any atom is -0.493 e. The van der Waals surface area contributed by atoms with Crippen LogP contribution < -0.4 is 10.5 Å². The van der Waals surface area contributed by atoms with Gasteiger partial charge in [-0.1, -0.05) is 18.2 Å². The molecule has 1 aromatic rings. The molecule has 2 N–H and O–H groups in total. The van der Waals surface area contributed by atoms with Gasteiger partial charge in [-0.3, -0.25) is 0 Å². The van der Waals surface area contributed by atoms with Gasteiger partial charge in [-0.2, -0.15) is 11.8 Å². The maximum Gasteiger partial charge on any atom is 0.122 e. The summed E-state index contributed by atoms with van der Waals surface area (Å²) in [7, 11) is 0. The normalized spacial score (nSPS) is 31.6. The number of hydrogen-bond acceptors (Lipinski definition) is 3. The van der Waals surface area contributed by atoms with Crippen molar-refractivity contribution in [3.05, 3.63) is 29.8 Å². The highest BCUT2D eigenvalue weighted by atomic mass is 32.2. The van der Waals surface area contributed by atoms with E-state index in [0.29, 0.717) is 5.92 Å². The average molecular weight is 277 g/mol. The van der Waals surface area contributed by atoms with Gasteiger partial charge in [0.1, 0.15) is 5.75 Å². The minimum atomic E-state index is 0.285. The maximum atomic E-state index is 6.54. The van der Waals surface area contributed by atoms with Gasteiger partial charge >= 0.3 is 0 Å². The molecule has 0 spiro atoms. The van der Waals surface area contributed by atoms with Crippen LogP contribution in [0.25, 0.3) is 0 Å². The zero-order chi connectivity index (χ0) is 13.3. The Morgan fingerprint density at radius 3 is 3.11 bits per heavy atom. The Hall–Kier alpha value is -0.670. The van der Waals surface area contributed by atoms with Gasteiger partial charge in [-0.05, 0) is 55.9 Å². The van der Waals surface area contributed by atoms with Crippen molar-refractivity contribution in [2.75, 3.05) is 12.4 Å². The van der Waals surface area contributed by atoms with Gasteiger partial charge in [0.15, 0.2) is 0 Å². The lowest BCUT2D eigenvalue weighted by Crippen LogP contribution is -2.42. The molecule has 3 rings (SSSR count). The van der Waals surface area contributed by atoms with E-state index in [1.807, 2.05) is 0 Å². The van der Waals surface area contributed by atoms with Crippen LogP contribution in [0.4, 0.5) is 0 Å². The van der Waals surface area contributed by atoms with E-state index in [2.05, 4.69) is 43.0 Å². The van der Waals surface area contributed by atoms with Gasteiger partial charge in [0.25, 0.3) is 0 Å². The molecule has 1 aromatic carbocycles. The molecule has 2 nitrogen and oxygen atoms in total. The Kier molecular flexibility index (Phi) is 3.77. The highest BCUT2D eigenvalue weighted by Gasteiger charge is 2.37. The number of nitrogens with two attached hydrogens (primary N) is 1. The highest BCUT2D eigenvalue weighted by molar-refractivity contribution is 8.00. The maximum absolute atomic E-state index is 6.54. The van der Waals surface area contributed by atoms with E-state index >= 15 is 0 Å². The number of para-hydroxylation sites is 1. The van der Waals surface area contributed by atoms with Crippen molar-refractivity contribution in [2.24, 2.45) is 5.73 Å². The van der Waals surface area contributed by atoms with Crippen molar-refractivity contribution in [1.29, 1.82) is 0 Å². The lowest BCUT2D eigenvalue weighted by Gasteiger charge is -2.35. The Balaban J connectivity index is 1.74. The zero-order valence-electron chi connectivity index (χ0n) is 11.6. The summed E-state index contributed by atoms with van der Waals surface area (Å²) in [6, 6.07) is 8.73. The largest absolute Gasteiger partial charge is 0.493 e.